The van der Waals surface area contributed by atoms with Crippen LogP contribution in [-0.2, 0) is 11.8 Å². The van der Waals surface area contributed by atoms with Gasteiger partial charge in [0.1, 0.15) is 0 Å². The number of nitrogens with one attached hydrogen (secondary N) is 1. The molecule has 126 valence electrons. The highest BCUT2D eigenvalue weighted by molar-refractivity contribution is 7.99. The molecule has 7 heteroatoms. The van der Waals surface area contributed by atoms with Crippen molar-refractivity contribution in [1.29, 1.82) is 0 Å². The third kappa shape index (κ3) is 4.23. The second kappa shape index (κ2) is 8.10. The van der Waals surface area contributed by atoms with Crippen LogP contribution in [-0.4, -0.2) is 32.1 Å². The average Bonchev–Trinajstić information content (AvgIpc) is 3.00. The summed E-state index contributed by atoms with van der Waals surface area (Å²) in [6.07, 6.45) is 5.60. The molecule has 1 heterocycles. The van der Waals surface area contributed by atoms with Crippen molar-refractivity contribution in [2.75, 3.05) is 5.75 Å². The Morgan fingerprint density at radius 1 is 1.21 bits per heavy atom. The van der Waals surface area contributed by atoms with Gasteiger partial charge < -0.3 is 4.57 Å². The second-order valence-electron chi connectivity index (χ2n) is 5.79. The lowest BCUT2D eigenvalue weighted by molar-refractivity contribution is -0.118. The van der Waals surface area contributed by atoms with Gasteiger partial charge in [-0.1, -0.05) is 48.5 Å². The predicted molar refractivity (Wildman–Crippen MR) is 95.8 cm³/mol. The number of carbonyl (C=O) groups is 1. The fourth-order valence-corrected chi connectivity index (χ4v) is 3.36. The van der Waals surface area contributed by atoms with Gasteiger partial charge in [-0.05, 0) is 25.7 Å². The number of rotatable bonds is 5. The maximum atomic E-state index is 12.0. The van der Waals surface area contributed by atoms with E-state index in [1.165, 1.54) is 31.0 Å². The largest absolute Gasteiger partial charge is 0.305 e. The molecule has 24 heavy (non-hydrogen) atoms. The van der Waals surface area contributed by atoms with E-state index in [2.05, 4.69) is 20.7 Å². The summed E-state index contributed by atoms with van der Waals surface area (Å²) < 4.78 is 1.90. The molecule has 0 radical (unpaired) electrons. The highest BCUT2D eigenvalue weighted by Gasteiger charge is 2.13. The van der Waals surface area contributed by atoms with Gasteiger partial charge in [0, 0.05) is 18.3 Å². The molecule has 1 aromatic carbocycles. The Morgan fingerprint density at radius 3 is 2.71 bits per heavy atom. The zero-order valence-electron chi connectivity index (χ0n) is 13.7. The molecule has 1 aromatic heterocycles. The molecule has 1 fully saturated rings. The molecule has 1 aliphatic carbocycles. The van der Waals surface area contributed by atoms with Crippen molar-refractivity contribution in [3.05, 3.63) is 30.3 Å². The maximum Gasteiger partial charge on any atom is 0.250 e. The van der Waals surface area contributed by atoms with Crippen molar-refractivity contribution in [3.8, 4) is 11.4 Å². The Bertz CT molecular complexity index is 718. The number of carbonyl (C=O) groups excluding carboxylic acids is 1. The Hall–Kier alpha value is -2.15. The topological polar surface area (TPSA) is 72.2 Å². The summed E-state index contributed by atoms with van der Waals surface area (Å²) in [7, 11) is 1.91. The highest BCUT2D eigenvalue weighted by Crippen LogP contribution is 2.22. The zero-order chi connectivity index (χ0) is 16.8. The van der Waals surface area contributed by atoms with Crippen molar-refractivity contribution in [3.63, 3.8) is 0 Å². The van der Waals surface area contributed by atoms with E-state index in [0.29, 0.717) is 5.16 Å². The number of nitrogens with zero attached hydrogens (tertiary/aromatic N) is 4. The van der Waals surface area contributed by atoms with Gasteiger partial charge in [-0.2, -0.15) is 5.10 Å². The highest BCUT2D eigenvalue weighted by atomic mass is 32.2. The molecule has 0 spiro atoms. The van der Waals surface area contributed by atoms with Crippen LogP contribution in [0.4, 0.5) is 0 Å². The summed E-state index contributed by atoms with van der Waals surface area (Å²) in [5, 5.41) is 13.3. The van der Waals surface area contributed by atoms with Crippen molar-refractivity contribution in [1.82, 2.24) is 20.2 Å². The first-order chi connectivity index (χ1) is 11.7. The lowest BCUT2D eigenvalue weighted by atomic mass is 9.99. The fraction of sp³-hybridized carbons (Fsp3) is 0.412. The lowest BCUT2D eigenvalue weighted by Gasteiger charge is -2.11. The number of hydrazone groups is 1. The van der Waals surface area contributed by atoms with Gasteiger partial charge in [0.2, 0.25) is 0 Å². The molecular weight excluding hydrogens is 322 g/mol. The smallest absolute Gasteiger partial charge is 0.250 e. The number of hydrogen-bond donors (Lipinski definition) is 1. The van der Waals surface area contributed by atoms with Crippen LogP contribution in [0, 0.1) is 0 Å². The quantitative estimate of drug-likeness (QED) is 0.669. The summed E-state index contributed by atoms with van der Waals surface area (Å²) in [5.41, 5.74) is 4.76. The van der Waals surface area contributed by atoms with Crippen LogP contribution in [0.25, 0.3) is 11.4 Å². The SMILES string of the molecule is Cn1c(SCC(=O)NN=C2CCCCC2)nnc1-c1ccccc1. The van der Waals surface area contributed by atoms with Crippen LogP contribution in [0.15, 0.2) is 40.6 Å². The molecule has 1 amide bonds. The molecular formula is C17H21N5OS. The molecule has 0 aliphatic heterocycles. The summed E-state index contributed by atoms with van der Waals surface area (Å²) in [5.74, 6) is 0.959. The van der Waals surface area contributed by atoms with E-state index in [1.807, 2.05) is 41.9 Å². The number of hydrogen-bond acceptors (Lipinski definition) is 5. The Kier molecular flexibility index (Phi) is 5.63. The normalized spacial score (nSPS) is 14.5. The third-order valence-corrected chi connectivity index (χ3v) is 4.99. The van der Waals surface area contributed by atoms with Crippen LogP contribution < -0.4 is 5.43 Å². The first-order valence-corrected chi connectivity index (χ1v) is 9.14. The van der Waals surface area contributed by atoms with Crippen molar-refractivity contribution >= 4 is 23.4 Å². The van der Waals surface area contributed by atoms with E-state index in [1.54, 1.807) is 0 Å². The minimum absolute atomic E-state index is 0.109. The summed E-state index contributed by atoms with van der Waals surface area (Å²) in [6, 6.07) is 9.88. The summed E-state index contributed by atoms with van der Waals surface area (Å²) in [4.78, 5) is 12.0. The molecule has 0 saturated heterocycles. The van der Waals surface area contributed by atoms with E-state index in [-0.39, 0.29) is 11.7 Å². The number of thioether (sulfide) groups is 1. The molecule has 1 aliphatic rings. The first kappa shape index (κ1) is 16.7. The Labute approximate surface area is 145 Å². The Morgan fingerprint density at radius 2 is 1.96 bits per heavy atom. The summed E-state index contributed by atoms with van der Waals surface area (Å²) >= 11 is 1.37. The maximum absolute atomic E-state index is 12.0. The van der Waals surface area contributed by atoms with Crippen molar-refractivity contribution in [2.45, 2.75) is 37.3 Å². The van der Waals surface area contributed by atoms with Gasteiger partial charge in [-0.15, -0.1) is 10.2 Å². The molecule has 0 atom stereocenters. The van der Waals surface area contributed by atoms with Gasteiger partial charge in [0.05, 0.1) is 5.75 Å². The summed E-state index contributed by atoms with van der Waals surface area (Å²) in [6.45, 7) is 0. The van der Waals surface area contributed by atoms with Gasteiger partial charge in [-0.3, -0.25) is 4.79 Å². The van der Waals surface area contributed by atoms with E-state index in [9.17, 15) is 4.79 Å². The van der Waals surface area contributed by atoms with Crippen LogP contribution in [0.1, 0.15) is 32.1 Å². The molecule has 6 nitrogen and oxygen atoms in total. The van der Waals surface area contributed by atoms with Crippen molar-refractivity contribution in [2.24, 2.45) is 12.1 Å². The van der Waals surface area contributed by atoms with Crippen LogP contribution >= 0.6 is 11.8 Å². The van der Waals surface area contributed by atoms with E-state index >= 15 is 0 Å². The molecule has 2 aromatic rings. The molecule has 0 unspecified atom stereocenters. The number of amides is 1. The number of aromatic nitrogens is 3. The van der Waals surface area contributed by atoms with Crippen LogP contribution in [0.2, 0.25) is 0 Å². The van der Waals surface area contributed by atoms with Gasteiger partial charge in [-0.25, -0.2) is 5.43 Å². The monoisotopic (exact) mass is 343 g/mol. The van der Waals surface area contributed by atoms with Gasteiger partial charge in [0.15, 0.2) is 11.0 Å². The standard InChI is InChI=1S/C17H21N5OS/c1-22-16(13-8-4-2-5-9-13)20-21-17(22)24-12-15(23)19-18-14-10-6-3-7-11-14/h2,4-5,8-9H,3,6-7,10-12H2,1H3,(H,19,23). The average molecular weight is 343 g/mol. The zero-order valence-corrected chi connectivity index (χ0v) is 14.6. The van der Waals surface area contributed by atoms with Crippen LogP contribution in [0.3, 0.4) is 0 Å². The minimum Gasteiger partial charge on any atom is -0.305 e. The van der Waals surface area contributed by atoms with E-state index < -0.39 is 0 Å². The van der Waals surface area contributed by atoms with E-state index in [0.717, 1.165) is 29.9 Å². The van der Waals surface area contributed by atoms with Crippen molar-refractivity contribution < 1.29 is 4.79 Å². The van der Waals surface area contributed by atoms with Crippen LogP contribution in [0.5, 0.6) is 0 Å². The first-order valence-electron chi connectivity index (χ1n) is 8.16. The predicted octanol–water partition coefficient (Wildman–Crippen LogP) is 3.01. The second-order valence-corrected chi connectivity index (χ2v) is 6.74. The minimum atomic E-state index is -0.109. The van der Waals surface area contributed by atoms with Gasteiger partial charge in [0.25, 0.3) is 5.91 Å². The third-order valence-electron chi connectivity index (χ3n) is 3.97. The molecule has 1 N–H and O–H groups in total. The molecule has 0 bridgehead atoms. The molecule has 1 saturated carbocycles. The molecule has 3 rings (SSSR count). The number of benzene rings is 1. The van der Waals surface area contributed by atoms with Gasteiger partial charge >= 0.3 is 0 Å². The Balaban J connectivity index is 1.55. The fourth-order valence-electron chi connectivity index (χ4n) is 2.65. The van der Waals surface area contributed by atoms with E-state index in [4.69, 9.17) is 0 Å². The lowest BCUT2D eigenvalue weighted by Crippen LogP contribution is -2.22.